The zero-order chi connectivity index (χ0) is 13.1. The number of hydrogen-bond acceptors (Lipinski definition) is 3. The summed E-state index contributed by atoms with van der Waals surface area (Å²) >= 11 is 0. The molecule has 1 aliphatic rings. The Hall–Kier alpha value is -1.03. The first-order valence-electron chi connectivity index (χ1n) is 6.10. The van der Waals surface area contributed by atoms with Crippen molar-refractivity contribution in [3.05, 3.63) is 12.7 Å². The van der Waals surface area contributed by atoms with Gasteiger partial charge in [0.15, 0.2) is 0 Å². The number of hydrogen-bond donors (Lipinski definition) is 1. The van der Waals surface area contributed by atoms with E-state index in [1.807, 2.05) is 20.8 Å². The highest BCUT2D eigenvalue weighted by molar-refractivity contribution is 5.68. The third-order valence-corrected chi connectivity index (χ3v) is 2.83. The quantitative estimate of drug-likeness (QED) is 0.770. The average molecular weight is 241 g/mol. The van der Waals surface area contributed by atoms with Gasteiger partial charge < -0.3 is 14.7 Å². The van der Waals surface area contributed by atoms with Gasteiger partial charge in [-0.05, 0) is 33.6 Å². The molecule has 2 atom stereocenters. The lowest BCUT2D eigenvalue weighted by molar-refractivity contribution is 0.0269. The molecule has 1 aliphatic heterocycles. The Morgan fingerprint density at radius 1 is 1.65 bits per heavy atom. The van der Waals surface area contributed by atoms with Crippen LogP contribution in [-0.4, -0.2) is 40.9 Å². The molecule has 0 aromatic heterocycles. The van der Waals surface area contributed by atoms with Crippen molar-refractivity contribution in [2.75, 3.05) is 13.1 Å². The van der Waals surface area contributed by atoms with Crippen LogP contribution in [-0.2, 0) is 4.74 Å². The molecule has 0 aliphatic carbocycles. The van der Waals surface area contributed by atoms with Crippen LogP contribution in [0.2, 0.25) is 0 Å². The molecule has 1 heterocycles. The molecular weight excluding hydrogens is 218 g/mol. The van der Waals surface area contributed by atoms with Crippen LogP contribution < -0.4 is 0 Å². The van der Waals surface area contributed by atoms with E-state index in [2.05, 4.69) is 6.58 Å². The molecular formula is C13H23NO3. The Labute approximate surface area is 103 Å². The first kappa shape index (κ1) is 14.0. The number of rotatable bonds is 3. The molecule has 1 rings (SSSR count). The van der Waals surface area contributed by atoms with Crippen LogP contribution >= 0.6 is 0 Å². The summed E-state index contributed by atoms with van der Waals surface area (Å²) in [5.74, 6) is 0.139. The lowest BCUT2D eigenvalue weighted by atomic mass is 9.99. The maximum absolute atomic E-state index is 11.8. The summed E-state index contributed by atoms with van der Waals surface area (Å²) in [5, 5.41) is 9.83. The largest absolute Gasteiger partial charge is 0.444 e. The highest BCUT2D eigenvalue weighted by Gasteiger charge is 2.32. The van der Waals surface area contributed by atoms with Gasteiger partial charge in [-0.3, -0.25) is 0 Å². The Bertz CT molecular complexity index is 283. The van der Waals surface area contributed by atoms with Gasteiger partial charge in [0, 0.05) is 19.0 Å². The molecule has 0 radical (unpaired) electrons. The summed E-state index contributed by atoms with van der Waals surface area (Å²) in [7, 11) is 0. The number of aliphatic hydroxyl groups excluding tert-OH is 1. The van der Waals surface area contributed by atoms with E-state index in [0.717, 1.165) is 6.42 Å². The fourth-order valence-corrected chi connectivity index (χ4v) is 1.96. The molecule has 0 unspecified atom stereocenters. The normalized spacial score (nSPS) is 22.4. The molecule has 0 aromatic carbocycles. The summed E-state index contributed by atoms with van der Waals surface area (Å²) in [6, 6.07) is 0. The van der Waals surface area contributed by atoms with Crippen LogP contribution in [0.1, 0.15) is 33.6 Å². The van der Waals surface area contributed by atoms with Crippen molar-refractivity contribution in [1.29, 1.82) is 0 Å². The number of amides is 1. The van der Waals surface area contributed by atoms with Crippen LogP contribution in [0.3, 0.4) is 0 Å². The SMILES string of the molecule is C=CC[C@@H](O)[C@H]1CCN(C(=O)OC(C)(C)C)C1. The van der Waals surface area contributed by atoms with E-state index in [0.29, 0.717) is 19.5 Å². The van der Waals surface area contributed by atoms with Crippen LogP contribution in [0.15, 0.2) is 12.7 Å². The third kappa shape index (κ3) is 4.38. The van der Waals surface area contributed by atoms with Crippen LogP contribution in [0.25, 0.3) is 0 Å². The van der Waals surface area contributed by atoms with Crippen molar-refractivity contribution in [3.63, 3.8) is 0 Å². The number of aliphatic hydroxyl groups is 1. The van der Waals surface area contributed by atoms with Gasteiger partial charge >= 0.3 is 6.09 Å². The van der Waals surface area contributed by atoms with E-state index in [1.54, 1.807) is 11.0 Å². The predicted octanol–water partition coefficient (Wildman–Crippen LogP) is 2.18. The highest BCUT2D eigenvalue weighted by Crippen LogP contribution is 2.23. The lowest BCUT2D eigenvalue weighted by Crippen LogP contribution is -2.36. The number of likely N-dealkylation sites (tertiary alicyclic amines) is 1. The Balaban J connectivity index is 2.44. The molecule has 0 aromatic rings. The standard InChI is InChI=1S/C13H23NO3/c1-5-6-11(15)10-7-8-14(9-10)12(16)17-13(2,3)4/h5,10-11,15H,1,6-9H2,2-4H3/t10-,11+/m0/s1. The summed E-state index contributed by atoms with van der Waals surface area (Å²) in [5.41, 5.74) is -0.463. The Morgan fingerprint density at radius 2 is 2.29 bits per heavy atom. The van der Waals surface area contributed by atoms with Gasteiger partial charge in [-0.15, -0.1) is 6.58 Å². The van der Waals surface area contributed by atoms with E-state index in [4.69, 9.17) is 4.74 Å². The number of carbonyl (C=O) groups is 1. The van der Waals surface area contributed by atoms with Crippen molar-refractivity contribution >= 4 is 6.09 Å². The lowest BCUT2D eigenvalue weighted by Gasteiger charge is -2.24. The second kappa shape index (κ2) is 5.54. The van der Waals surface area contributed by atoms with Gasteiger partial charge in [-0.25, -0.2) is 4.79 Å². The summed E-state index contributed by atoms with van der Waals surface area (Å²) in [6.07, 6.45) is 2.42. The molecule has 1 N–H and O–H groups in total. The summed E-state index contributed by atoms with van der Waals surface area (Å²) in [6.45, 7) is 10.4. The van der Waals surface area contributed by atoms with Crippen molar-refractivity contribution in [3.8, 4) is 0 Å². The fraction of sp³-hybridized carbons (Fsp3) is 0.769. The molecule has 4 heteroatoms. The second-order valence-electron chi connectivity index (χ2n) is 5.57. The van der Waals surface area contributed by atoms with Crippen molar-refractivity contribution in [2.45, 2.75) is 45.3 Å². The van der Waals surface area contributed by atoms with E-state index in [-0.39, 0.29) is 12.0 Å². The Morgan fingerprint density at radius 3 is 2.82 bits per heavy atom. The third-order valence-electron chi connectivity index (χ3n) is 2.83. The van der Waals surface area contributed by atoms with E-state index in [1.165, 1.54) is 0 Å². The molecule has 98 valence electrons. The zero-order valence-electron chi connectivity index (χ0n) is 11.0. The summed E-state index contributed by atoms with van der Waals surface area (Å²) < 4.78 is 5.29. The van der Waals surface area contributed by atoms with Gasteiger partial charge in [0.2, 0.25) is 0 Å². The van der Waals surface area contributed by atoms with E-state index < -0.39 is 11.7 Å². The topological polar surface area (TPSA) is 49.8 Å². The maximum atomic E-state index is 11.8. The zero-order valence-corrected chi connectivity index (χ0v) is 11.0. The smallest absolute Gasteiger partial charge is 0.410 e. The van der Waals surface area contributed by atoms with Gasteiger partial charge in [-0.2, -0.15) is 0 Å². The fourth-order valence-electron chi connectivity index (χ4n) is 1.96. The van der Waals surface area contributed by atoms with Crippen molar-refractivity contribution in [1.82, 2.24) is 4.90 Å². The minimum Gasteiger partial charge on any atom is -0.444 e. The molecule has 0 bridgehead atoms. The first-order valence-corrected chi connectivity index (χ1v) is 6.10. The minimum atomic E-state index is -0.463. The molecule has 0 saturated carbocycles. The summed E-state index contributed by atoms with van der Waals surface area (Å²) in [4.78, 5) is 13.5. The molecule has 1 fully saturated rings. The van der Waals surface area contributed by atoms with Gasteiger partial charge in [0.1, 0.15) is 5.60 Å². The Kier molecular flexibility index (Phi) is 4.57. The van der Waals surface area contributed by atoms with Crippen LogP contribution in [0.4, 0.5) is 4.79 Å². The van der Waals surface area contributed by atoms with Crippen LogP contribution in [0, 0.1) is 5.92 Å². The van der Waals surface area contributed by atoms with E-state index in [9.17, 15) is 9.90 Å². The number of ether oxygens (including phenoxy) is 1. The number of carbonyl (C=O) groups excluding carboxylic acids is 1. The van der Waals surface area contributed by atoms with Crippen molar-refractivity contribution < 1.29 is 14.6 Å². The number of nitrogens with zero attached hydrogens (tertiary/aromatic N) is 1. The molecule has 4 nitrogen and oxygen atoms in total. The molecule has 1 saturated heterocycles. The second-order valence-corrected chi connectivity index (χ2v) is 5.57. The average Bonchev–Trinajstić information content (AvgIpc) is 2.63. The van der Waals surface area contributed by atoms with E-state index >= 15 is 0 Å². The van der Waals surface area contributed by atoms with Gasteiger partial charge in [-0.1, -0.05) is 6.08 Å². The van der Waals surface area contributed by atoms with Crippen molar-refractivity contribution in [2.24, 2.45) is 5.92 Å². The van der Waals surface area contributed by atoms with Gasteiger partial charge in [0.25, 0.3) is 0 Å². The molecule has 0 spiro atoms. The first-order chi connectivity index (χ1) is 7.83. The minimum absolute atomic E-state index is 0.139. The molecule has 17 heavy (non-hydrogen) atoms. The molecule has 1 amide bonds. The monoisotopic (exact) mass is 241 g/mol. The van der Waals surface area contributed by atoms with Gasteiger partial charge in [0.05, 0.1) is 6.10 Å². The van der Waals surface area contributed by atoms with Crippen LogP contribution in [0.5, 0.6) is 0 Å². The highest BCUT2D eigenvalue weighted by atomic mass is 16.6. The predicted molar refractivity (Wildman–Crippen MR) is 66.7 cm³/mol. The maximum Gasteiger partial charge on any atom is 0.410 e.